The highest BCUT2D eigenvalue weighted by atomic mass is 35.5. The van der Waals surface area contributed by atoms with Crippen molar-refractivity contribution in [3.8, 4) is 0 Å². The minimum atomic E-state index is -0.694. The van der Waals surface area contributed by atoms with Gasteiger partial charge in [0, 0.05) is 11.1 Å². The highest BCUT2D eigenvalue weighted by molar-refractivity contribution is 6.31. The summed E-state index contributed by atoms with van der Waals surface area (Å²) >= 11 is 5.97. The van der Waals surface area contributed by atoms with Crippen molar-refractivity contribution in [2.24, 2.45) is 0 Å². The predicted molar refractivity (Wildman–Crippen MR) is 72.2 cm³/mol. The highest BCUT2D eigenvalue weighted by Gasteiger charge is 2.28. The molecule has 0 heterocycles. The molecule has 1 aromatic rings. The topological polar surface area (TPSA) is 75.4 Å². The standard InChI is InChI=1S/C12H17ClN2O3/c1-7-9(13)5-6-10(15(17)18)11(7)14-12(3,4)8(2)16/h5-6,8,14,16H,1-4H3. The third-order valence-electron chi connectivity index (χ3n) is 3.07. The number of nitro groups is 1. The van der Waals surface area contributed by atoms with Gasteiger partial charge in [0.05, 0.1) is 16.6 Å². The molecule has 18 heavy (non-hydrogen) atoms. The quantitative estimate of drug-likeness (QED) is 0.652. The summed E-state index contributed by atoms with van der Waals surface area (Å²) in [7, 11) is 0. The van der Waals surface area contributed by atoms with Crippen molar-refractivity contribution in [2.45, 2.75) is 39.3 Å². The molecule has 1 unspecified atom stereocenters. The van der Waals surface area contributed by atoms with E-state index in [1.54, 1.807) is 27.7 Å². The van der Waals surface area contributed by atoms with Crippen molar-refractivity contribution < 1.29 is 10.0 Å². The van der Waals surface area contributed by atoms with Crippen LogP contribution in [0.1, 0.15) is 26.3 Å². The first kappa shape index (κ1) is 14.7. The van der Waals surface area contributed by atoms with Crippen molar-refractivity contribution in [1.82, 2.24) is 0 Å². The molecule has 0 radical (unpaired) electrons. The Kier molecular flexibility index (Phi) is 4.19. The van der Waals surface area contributed by atoms with E-state index in [1.807, 2.05) is 0 Å². The van der Waals surface area contributed by atoms with Gasteiger partial charge in [0.2, 0.25) is 0 Å². The van der Waals surface area contributed by atoms with Crippen LogP contribution in [0.5, 0.6) is 0 Å². The van der Waals surface area contributed by atoms with E-state index in [9.17, 15) is 15.2 Å². The fourth-order valence-corrected chi connectivity index (χ4v) is 1.57. The summed E-state index contributed by atoms with van der Waals surface area (Å²) in [4.78, 5) is 10.5. The molecule has 0 amide bonds. The van der Waals surface area contributed by atoms with Crippen molar-refractivity contribution in [3.05, 3.63) is 32.8 Å². The van der Waals surface area contributed by atoms with Gasteiger partial charge in [-0.2, -0.15) is 0 Å². The van der Waals surface area contributed by atoms with Crippen LogP contribution in [-0.2, 0) is 0 Å². The lowest BCUT2D eigenvalue weighted by atomic mass is 9.97. The van der Waals surface area contributed by atoms with Crippen LogP contribution < -0.4 is 5.32 Å². The third kappa shape index (κ3) is 2.91. The van der Waals surface area contributed by atoms with Gasteiger partial charge in [0.1, 0.15) is 5.69 Å². The molecule has 5 nitrogen and oxygen atoms in total. The Labute approximate surface area is 111 Å². The third-order valence-corrected chi connectivity index (χ3v) is 3.47. The minimum Gasteiger partial charge on any atom is -0.391 e. The number of nitrogens with zero attached hydrogens (tertiary/aromatic N) is 1. The molecule has 0 fully saturated rings. The van der Waals surface area contributed by atoms with E-state index < -0.39 is 16.6 Å². The smallest absolute Gasteiger partial charge is 0.292 e. The van der Waals surface area contributed by atoms with Crippen molar-refractivity contribution in [3.63, 3.8) is 0 Å². The number of aliphatic hydroxyl groups excluding tert-OH is 1. The number of rotatable bonds is 4. The summed E-state index contributed by atoms with van der Waals surface area (Å²) in [6, 6.07) is 2.85. The maximum absolute atomic E-state index is 11.0. The molecule has 0 aliphatic heterocycles. The summed E-state index contributed by atoms with van der Waals surface area (Å²) < 4.78 is 0. The molecule has 6 heteroatoms. The van der Waals surface area contributed by atoms with Crippen molar-refractivity contribution in [2.75, 3.05) is 5.32 Å². The van der Waals surface area contributed by atoms with Gasteiger partial charge in [-0.05, 0) is 39.3 Å². The van der Waals surface area contributed by atoms with Crippen LogP contribution >= 0.6 is 11.6 Å². The summed E-state index contributed by atoms with van der Waals surface area (Å²) in [5.74, 6) is 0. The van der Waals surface area contributed by atoms with Crippen LogP contribution in [0.15, 0.2) is 12.1 Å². The average molecular weight is 273 g/mol. The molecule has 1 atom stereocenters. The van der Waals surface area contributed by atoms with Gasteiger partial charge in [0.15, 0.2) is 0 Å². The number of anilines is 1. The molecule has 0 saturated carbocycles. The highest BCUT2D eigenvalue weighted by Crippen LogP contribution is 2.35. The van der Waals surface area contributed by atoms with Crippen molar-refractivity contribution in [1.29, 1.82) is 0 Å². The van der Waals surface area contributed by atoms with Gasteiger partial charge in [-0.1, -0.05) is 11.6 Å². The Hall–Kier alpha value is -1.33. The summed E-state index contributed by atoms with van der Waals surface area (Å²) in [5, 5.41) is 24.1. The fraction of sp³-hybridized carbons (Fsp3) is 0.500. The van der Waals surface area contributed by atoms with Crippen molar-refractivity contribution >= 4 is 23.0 Å². The lowest BCUT2D eigenvalue weighted by Crippen LogP contribution is -2.42. The number of hydrogen-bond donors (Lipinski definition) is 2. The molecular weight excluding hydrogens is 256 g/mol. The normalized spacial score (nSPS) is 13.2. The lowest BCUT2D eigenvalue weighted by molar-refractivity contribution is -0.384. The van der Waals surface area contributed by atoms with Crippen LogP contribution in [0.3, 0.4) is 0 Å². The largest absolute Gasteiger partial charge is 0.391 e. The number of benzene rings is 1. The van der Waals surface area contributed by atoms with Gasteiger partial charge < -0.3 is 10.4 Å². The molecule has 0 aromatic heterocycles. The van der Waals surface area contributed by atoms with Crippen LogP contribution in [0.25, 0.3) is 0 Å². The first-order valence-corrected chi connectivity index (χ1v) is 5.94. The maximum atomic E-state index is 11.0. The van der Waals surface area contributed by atoms with Gasteiger partial charge in [-0.25, -0.2) is 0 Å². The first-order chi connectivity index (χ1) is 8.16. The zero-order valence-corrected chi connectivity index (χ0v) is 11.6. The van der Waals surface area contributed by atoms with E-state index >= 15 is 0 Å². The number of aliphatic hydroxyl groups is 1. The Balaban J connectivity index is 3.30. The Morgan fingerprint density at radius 1 is 1.50 bits per heavy atom. The number of nitro benzene ring substituents is 1. The predicted octanol–water partition coefficient (Wildman–Crippen LogP) is 3.13. The Bertz CT molecular complexity index is 473. The molecule has 1 aromatic carbocycles. The molecule has 1 rings (SSSR count). The molecule has 0 spiro atoms. The Morgan fingerprint density at radius 3 is 2.50 bits per heavy atom. The van der Waals surface area contributed by atoms with Crippen LogP contribution in [0.4, 0.5) is 11.4 Å². The molecule has 0 aliphatic rings. The lowest BCUT2D eigenvalue weighted by Gasteiger charge is -2.31. The molecule has 100 valence electrons. The fourth-order valence-electron chi connectivity index (χ4n) is 1.41. The monoisotopic (exact) mass is 272 g/mol. The van der Waals surface area contributed by atoms with E-state index in [2.05, 4.69) is 5.32 Å². The Morgan fingerprint density at radius 2 is 2.06 bits per heavy atom. The maximum Gasteiger partial charge on any atom is 0.292 e. The van der Waals surface area contributed by atoms with Gasteiger partial charge in [-0.15, -0.1) is 0 Å². The van der Waals surface area contributed by atoms with Gasteiger partial charge >= 0.3 is 0 Å². The van der Waals surface area contributed by atoms with E-state index in [0.29, 0.717) is 16.3 Å². The average Bonchev–Trinajstić information content (AvgIpc) is 2.24. The number of hydrogen-bond acceptors (Lipinski definition) is 4. The van der Waals surface area contributed by atoms with E-state index in [0.717, 1.165) is 0 Å². The molecular formula is C12H17ClN2O3. The zero-order chi connectivity index (χ0) is 14.1. The molecule has 0 bridgehead atoms. The second-order valence-electron chi connectivity index (χ2n) is 4.85. The zero-order valence-electron chi connectivity index (χ0n) is 10.8. The number of halogens is 1. The summed E-state index contributed by atoms with van der Waals surface area (Å²) in [6.45, 7) is 6.86. The van der Waals surface area contributed by atoms with Gasteiger partial charge in [0.25, 0.3) is 5.69 Å². The summed E-state index contributed by atoms with van der Waals surface area (Å²) in [6.07, 6.45) is -0.671. The van der Waals surface area contributed by atoms with Crippen LogP contribution in [0.2, 0.25) is 5.02 Å². The van der Waals surface area contributed by atoms with Crippen LogP contribution in [0, 0.1) is 17.0 Å². The molecule has 2 N–H and O–H groups in total. The first-order valence-electron chi connectivity index (χ1n) is 5.56. The van der Waals surface area contributed by atoms with E-state index in [-0.39, 0.29) is 5.69 Å². The summed E-state index contributed by atoms with van der Waals surface area (Å²) in [5.41, 5.74) is 0.198. The second-order valence-corrected chi connectivity index (χ2v) is 5.25. The second kappa shape index (κ2) is 5.12. The number of nitrogens with one attached hydrogen (secondary N) is 1. The molecule has 0 saturated heterocycles. The SMILES string of the molecule is Cc1c(Cl)ccc([N+](=O)[O-])c1NC(C)(C)C(C)O. The molecule has 0 aliphatic carbocycles. The van der Waals surface area contributed by atoms with Gasteiger partial charge in [-0.3, -0.25) is 10.1 Å². The minimum absolute atomic E-state index is 0.0503. The van der Waals surface area contributed by atoms with E-state index in [4.69, 9.17) is 11.6 Å². The van der Waals surface area contributed by atoms with Crippen LogP contribution in [-0.4, -0.2) is 21.7 Å². The van der Waals surface area contributed by atoms with E-state index in [1.165, 1.54) is 12.1 Å².